The minimum Gasteiger partial charge on any atom is -0.457 e. The zero-order chi connectivity index (χ0) is 21.0. The first-order valence-electron chi connectivity index (χ1n) is 10.0. The second kappa shape index (κ2) is 8.50. The molecule has 31 heavy (non-hydrogen) atoms. The molecule has 0 unspecified atom stereocenters. The molecule has 0 saturated heterocycles. The van der Waals surface area contributed by atoms with Gasteiger partial charge < -0.3 is 14.6 Å². The zero-order valence-corrected chi connectivity index (χ0v) is 17.5. The first kappa shape index (κ1) is 19.2. The molecule has 0 saturated carbocycles. The Morgan fingerprint density at radius 3 is 2.26 bits per heavy atom. The number of carbonyl (C=O) groups excluding carboxylic acids is 1. The molecule has 0 aliphatic heterocycles. The molecule has 2 heterocycles. The fourth-order valence-corrected chi connectivity index (χ4v) is 4.35. The summed E-state index contributed by atoms with van der Waals surface area (Å²) in [6.07, 6.45) is 0. The monoisotopic (exact) mass is 424 g/mol. The number of thiophene rings is 1. The van der Waals surface area contributed by atoms with Crippen LogP contribution in [-0.4, -0.2) is 10.5 Å². The summed E-state index contributed by atoms with van der Waals surface area (Å²) in [6, 6.07) is 31.2. The predicted octanol–water partition coefficient (Wildman–Crippen LogP) is 6.80. The summed E-state index contributed by atoms with van der Waals surface area (Å²) in [4.78, 5) is 13.1. The maximum Gasteiger partial charge on any atom is 0.272 e. The highest BCUT2D eigenvalue weighted by atomic mass is 32.1. The summed E-state index contributed by atoms with van der Waals surface area (Å²) in [5.41, 5.74) is 3.60. The maximum atomic E-state index is 13.1. The largest absolute Gasteiger partial charge is 0.457 e. The molecule has 2 aromatic heterocycles. The molecular weight excluding hydrogens is 404 g/mol. The zero-order valence-electron chi connectivity index (χ0n) is 16.7. The van der Waals surface area contributed by atoms with Crippen molar-refractivity contribution in [1.29, 1.82) is 0 Å². The number of benzene rings is 3. The van der Waals surface area contributed by atoms with E-state index in [2.05, 4.69) is 33.5 Å². The van der Waals surface area contributed by atoms with Crippen LogP contribution in [0.5, 0.6) is 11.5 Å². The van der Waals surface area contributed by atoms with E-state index >= 15 is 0 Å². The normalized spacial score (nSPS) is 10.8. The van der Waals surface area contributed by atoms with Crippen molar-refractivity contribution in [2.45, 2.75) is 6.54 Å². The number of ether oxygens (including phenoxy) is 1. The van der Waals surface area contributed by atoms with E-state index in [1.165, 1.54) is 0 Å². The van der Waals surface area contributed by atoms with Gasteiger partial charge in [0.25, 0.3) is 5.91 Å². The third-order valence-electron chi connectivity index (χ3n) is 5.03. The number of nitrogens with zero attached hydrogens (tertiary/aromatic N) is 1. The lowest BCUT2D eigenvalue weighted by atomic mass is 10.2. The van der Waals surface area contributed by atoms with Gasteiger partial charge in [-0.1, -0.05) is 48.5 Å². The van der Waals surface area contributed by atoms with Gasteiger partial charge in [-0.25, -0.2) is 0 Å². The molecule has 0 bridgehead atoms. The van der Waals surface area contributed by atoms with Crippen LogP contribution in [0.2, 0.25) is 0 Å². The van der Waals surface area contributed by atoms with Crippen LogP contribution in [0.1, 0.15) is 16.1 Å². The lowest BCUT2D eigenvalue weighted by molar-refractivity contribution is 0.101. The number of para-hydroxylation sites is 1. The molecule has 1 N–H and O–H groups in total. The van der Waals surface area contributed by atoms with Crippen LogP contribution in [-0.2, 0) is 6.54 Å². The molecule has 5 aromatic rings. The van der Waals surface area contributed by atoms with Crippen LogP contribution in [0.15, 0.2) is 102 Å². The Morgan fingerprint density at radius 2 is 1.52 bits per heavy atom. The van der Waals surface area contributed by atoms with Gasteiger partial charge in [-0.2, -0.15) is 0 Å². The SMILES string of the molecule is O=C(Nc1ccc(Oc2ccccc2)cc1)c1cc2sccc2n1Cc1ccccc1. The predicted molar refractivity (Wildman–Crippen MR) is 126 cm³/mol. The summed E-state index contributed by atoms with van der Waals surface area (Å²) in [5, 5.41) is 5.07. The van der Waals surface area contributed by atoms with Crippen molar-refractivity contribution in [3.8, 4) is 11.5 Å². The van der Waals surface area contributed by atoms with Gasteiger partial charge in [0.15, 0.2) is 0 Å². The molecule has 0 radical (unpaired) electrons. The lowest BCUT2D eigenvalue weighted by Crippen LogP contribution is -2.17. The molecule has 0 spiro atoms. The number of anilines is 1. The average molecular weight is 425 g/mol. The van der Waals surface area contributed by atoms with Gasteiger partial charge in [0.2, 0.25) is 0 Å². The van der Waals surface area contributed by atoms with E-state index in [1.807, 2.05) is 78.9 Å². The summed E-state index contributed by atoms with van der Waals surface area (Å²) >= 11 is 1.64. The third-order valence-corrected chi connectivity index (χ3v) is 5.88. The molecule has 4 nitrogen and oxygen atoms in total. The van der Waals surface area contributed by atoms with Crippen molar-refractivity contribution in [2.24, 2.45) is 0 Å². The fourth-order valence-electron chi connectivity index (χ4n) is 3.53. The van der Waals surface area contributed by atoms with Crippen molar-refractivity contribution >= 4 is 33.1 Å². The van der Waals surface area contributed by atoms with Gasteiger partial charge in [-0.15, -0.1) is 11.3 Å². The Hall–Kier alpha value is -3.83. The van der Waals surface area contributed by atoms with Crippen LogP contribution in [0, 0.1) is 0 Å². The molecule has 5 rings (SSSR count). The number of hydrogen-bond acceptors (Lipinski definition) is 3. The van der Waals surface area contributed by atoms with Gasteiger partial charge >= 0.3 is 0 Å². The van der Waals surface area contributed by atoms with Gasteiger partial charge in [-0.3, -0.25) is 4.79 Å². The molecule has 5 heteroatoms. The summed E-state index contributed by atoms with van der Waals surface area (Å²) in [5.74, 6) is 1.37. The fraction of sp³-hybridized carbons (Fsp3) is 0.0385. The third kappa shape index (κ3) is 4.22. The Bertz CT molecular complexity index is 1310. The first-order chi connectivity index (χ1) is 15.3. The molecule has 3 aromatic carbocycles. The Balaban J connectivity index is 1.35. The Labute approximate surface area is 184 Å². The number of rotatable bonds is 6. The number of carbonyl (C=O) groups is 1. The lowest BCUT2D eigenvalue weighted by Gasteiger charge is -2.12. The Kier molecular flexibility index (Phi) is 5.25. The van der Waals surface area contributed by atoms with E-state index in [0.29, 0.717) is 12.2 Å². The summed E-state index contributed by atoms with van der Waals surface area (Å²) < 4.78 is 9.00. The smallest absolute Gasteiger partial charge is 0.272 e. The van der Waals surface area contributed by atoms with Crippen LogP contribution in [0.3, 0.4) is 0 Å². The second-order valence-corrected chi connectivity index (χ2v) is 8.11. The number of aromatic nitrogens is 1. The van der Waals surface area contributed by atoms with E-state index < -0.39 is 0 Å². The molecule has 0 fully saturated rings. The summed E-state index contributed by atoms with van der Waals surface area (Å²) in [6.45, 7) is 0.647. The average Bonchev–Trinajstić information content (AvgIpc) is 3.39. The van der Waals surface area contributed by atoms with Crippen LogP contribution < -0.4 is 10.1 Å². The van der Waals surface area contributed by atoms with Crippen LogP contribution in [0.4, 0.5) is 5.69 Å². The van der Waals surface area contributed by atoms with E-state index in [-0.39, 0.29) is 5.91 Å². The van der Waals surface area contributed by atoms with Gasteiger partial charge in [-0.05, 0) is 59.5 Å². The summed E-state index contributed by atoms with van der Waals surface area (Å²) in [7, 11) is 0. The first-order valence-corrected chi connectivity index (χ1v) is 10.9. The quantitative estimate of drug-likeness (QED) is 0.326. The van der Waals surface area contributed by atoms with Gasteiger partial charge in [0, 0.05) is 12.2 Å². The van der Waals surface area contributed by atoms with E-state index in [4.69, 9.17) is 4.74 Å². The second-order valence-electron chi connectivity index (χ2n) is 7.17. The Morgan fingerprint density at radius 1 is 0.839 bits per heavy atom. The standard InChI is InChI=1S/C26H20N2O2S/c29-26(27-20-11-13-22(14-12-20)30-21-9-5-2-6-10-21)24-17-25-23(15-16-31-25)28(24)18-19-7-3-1-4-8-19/h1-17H,18H2,(H,27,29). The molecule has 0 aliphatic rings. The minimum atomic E-state index is -0.129. The van der Waals surface area contributed by atoms with Crippen molar-refractivity contribution in [3.63, 3.8) is 0 Å². The highest BCUT2D eigenvalue weighted by Crippen LogP contribution is 2.27. The van der Waals surface area contributed by atoms with Crippen LogP contribution in [0.25, 0.3) is 10.2 Å². The van der Waals surface area contributed by atoms with Gasteiger partial charge in [0.05, 0.1) is 10.2 Å². The van der Waals surface area contributed by atoms with Crippen molar-refractivity contribution in [2.75, 3.05) is 5.32 Å². The van der Waals surface area contributed by atoms with Crippen molar-refractivity contribution in [3.05, 3.63) is 114 Å². The molecule has 0 aliphatic carbocycles. The topological polar surface area (TPSA) is 43.3 Å². The van der Waals surface area contributed by atoms with Gasteiger partial charge in [0.1, 0.15) is 17.2 Å². The number of fused-ring (bicyclic) bond motifs is 1. The number of hydrogen-bond donors (Lipinski definition) is 1. The number of amides is 1. The molecular formula is C26H20N2O2S. The molecule has 152 valence electrons. The highest BCUT2D eigenvalue weighted by molar-refractivity contribution is 7.17. The van der Waals surface area contributed by atoms with Crippen LogP contribution >= 0.6 is 11.3 Å². The van der Waals surface area contributed by atoms with Crippen molar-refractivity contribution < 1.29 is 9.53 Å². The van der Waals surface area contributed by atoms with E-state index in [0.717, 1.165) is 33.0 Å². The van der Waals surface area contributed by atoms with E-state index in [1.54, 1.807) is 11.3 Å². The highest BCUT2D eigenvalue weighted by Gasteiger charge is 2.17. The minimum absolute atomic E-state index is 0.129. The van der Waals surface area contributed by atoms with E-state index in [9.17, 15) is 4.79 Å². The number of nitrogens with one attached hydrogen (secondary N) is 1. The maximum absolute atomic E-state index is 13.1. The van der Waals surface area contributed by atoms with Crippen molar-refractivity contribution in [1.82, 2.24) is 4.57 Å². The molecule has 0 atom stereocenters. The molecule has 1 amide bonds.